The number of nitrogens with zero attached hydrogens (tertiary/aromatic N) is 3. The van der Waals surface area contributed by atoms with Crippen molar-refractivity contribution in [2.75, 3.05) is 13.1 Å². The van der Waals surface area contributed by atoms with Crippen LogP contribution < -0.4 is 5.32 Å². The van der Waals surface area contributed by atoms with Crippen LogP contribution in [0.1, 0.15) is 39.4 Å². The predicted octanol–water partition coefficient (Wildman–Crippen LogP) is 1.61. The van der Waals surface area contributed by atoms with Crippen LogP contribution in [0.3, 0.4) is 0 Å². The van der Waals surface area contributed by atoms with E-state index in [9.17, 15) is 9.59 Å². The van der Waals surface area contributed by atoms with Crippen LogP contribution in [0, 0.1) is 5.92 Å². The normalized spacial score (nSPS) is 29.4. The van der Waals surface area contributed by atoms with Crippen LogP contribution in [0.25, 0.3) is 0 Å². The molecule has 2 atom stereocenters. The average molecular weight is 320 g/mol. The largest absolute Gasteiger partial charge is 0.360 e. The number of carbonyl (C=O) groups is 2. The topological polar surface area (TPSA) is 78.7 Å². The second-order valence-electron chi connectivity index (χ2n) is 6.95. The molecular formula is C16H24N4O3. The van der Waals surface area contributed by atoms with Gasteiger partial charge >= 0.3 is 6.03 Å². The Morgan fingerprint density at radius 2 is 2.26 bits per heavy atom. The lowest BCUT2D eigenvalue weighted by molar-refractivity contribution is -0.134. The third kappa shape index (κ3) is 2.85. The molecule has 7 heteroatoms. The molecule has 1 aromatic rings. The number of nitrogens with one attached hydrogen (secondary N) is 1. The van der Waals surface area contributed by atoms with Gasteiger partial charge in [-0.1, -0.05) is 5.16 Å². The Hall–Kier alpha value is -1.89. The van der Waals surface area contributed by atoms with Crippen molar-refractivity contribution in [3.8, 4) is 0 Å². The molecule has 7 nitrogen and oxygen atoms in total. The van der Waals surface area contributed by atoms with Crippen LogP contribution in [0.2, 0.25) is 0 Å². The molecule has 0 bridgehead atoms. The molecule has 3 amide bonds. The van der Waals surface area contributed by atoms with Crippen molar-refractivity contribution in [2.45, 2.75) is 51.7 Å². The van der Waals surface area contributed by atoms with E-state index in [4.69, 9.17) is 4.52 Å². The molecule has 0 radical (unpaired) electrons. The second kappa shape index (κ2) is 5.96. The van der Waals surface area contributed by atoms with Crippen LogP contribution in [0.15, 0.2) is 16.8 Å². The predicted molar refractivity (Wildman–Crippen MR) is 83.4 cm³/mol. The van der Waals surface area contributed by atoms with E-state index in [0.29, 0.717) is 6.54 Å². The van der Waals surface area contributed by atoms with Gasteiger partial charge in [-0.15, -0.1) is 0 Å². The number of hydrogen-bond acceptors (Lipinski definition) is 5. The van der Waals surface area contributed by atoms with Gasteiger partial charge in [-0.25, -0.2) is 4.79 Å². The first-order chi connectivity index (χ1) is 10.9. The smallest absolute Gasteiger partial charge is 0.325 e. The molecule has 0 saturated carbocycles. The van der Waals surface area contributed by atoms with E-state index in [2.05, 4.69) is 15.4 Å². The molecule has 2 aliphatic rings. The van der Waals surface area contributed by atoms with Gasteiger partial charge in [-0.05, 0) is 40.2 Å². The molecule has 2 saturated heterocycles. The first kappa shape index (κ1) is 16.0. The number of carbonyl (C=O) groups excluding carboxylic acids is 2. The summed E-state index contributed by atoms with van der Waals surface area (Å²) in [4.78, 5) is 28.6. The average Bonchev–Trinajstić information content (AvgIpc) is 3.07. The summed E-state index contributed by atoms with van der Waals surface area (Å²) in [6.07, 6.45) is 3.57. The number of amides is 3. The molecule has 3 rings (SSSR count). The third-order valence-corrected chi connectivity index (χ3v) is 4.96. The molecule has 0 aliphatic carbocycles. The highest BCUT2D eigenvalue weighted by molar-refractivity contribution is 6.07. The lowest BCUT2D eigenvalue weighted by Crippen LogP contribution is -2.55. The van der Waals surface area contributed by atoms with Gasteiger partial charge in [-0.2, -0.15) is 0 Å². The van der Waals surface area contributed by atoms with Crippen LogP contribution in [-0.4, -0.2) is 51.6 Å². The molecule has 3 heterocycles. The Kier molecular flexibility index (Phi) is 4.14. The highest BCUT2D eigenvalue weighted by Crippen LogP contribution is 2.33. The summed E-state index contributed by atoms with van der Waals surface area (Å²) in [7, 11) is 0. The van der Waals surface area contributed by atoms with Gasteiger partial charge in [0.05, 0.1) is 12.7 Å². The fourth-order valence-corrected chi connectivity index (χ4v) is 3.64. The first-order valence-electron chi connectivity index (χ1n) is 8.19. The van der Waals surface area contributed by atoms with Crippen molar-refractivity contribution in [3.63, 3.8) is 0 Å². The zero-order valence-corrected chi connectivity index (χ0v) is 13.9. The molecule has 0 spiro atoms. The van der Waals surface area contributed by atoms with Gasteiger partial charge in [0.1, 0.15) is 5.54 Å². The fraction of sp³-hybridized carbons (Fsp3) is 0.688. The van der Waals surface area contributed by atoms with Crippen molar-refractivity contribution >= 4 is 11.9 Å². The molecule has 1 N–H and O–H groups in total. The third-order valence-electron chi connectivity index (χ3n) is 4.96. The van der Waals surface area contributed by atoms with E-state index in [-0.39, 0.29) is 23.9 Å². The number of piperidine rings is 1. The van der Waals surface area contributed by atoms with Gasteiger partial charge in [-0.3, -0.25) is 14.6 Å². The highest BCUT2D eigenvalue weighted by Gasteiger charge is 2.53. The Morgan fingerprint density at radius 3 is 2.87 bits per heavy atom. The number of rotatable bonds is 4. The van der Waals surface area contributed by atoms with Crippen molar-refractivity contribution in [2.24, 2.45) is 5.92 Å². The van der Waals surface area contributed by atoms with Gasteiger partial charge in [0, 0.05) is 24.6 Å². The first-order valence-corrected chi connectivity index (χ1v) is 8.19. The molecule has 0 unspecified atom stereocenters. The molecule has 0 aromatic carbocycles. The summed E-state index contributed by atoms with van der Waals surface area (Å²) in [5.74, 6) is 0.810. The van der Waals surface area contributed by atoms with E-state index in [1.54, 1.807) is 6.20 Å². The fourth-order valence-electron chi connectivity index (χ4n) is 3.64. The number of hydrogen-bond donors (Lipinski definition) is 1. The lowest BCUT2D eigenvalue weighted by Gasteiger charge is -2.39. The van der Waals surface area contributed by atoms with E-state index in [1.807, 2.05) is 26.8 Å². The van der Waals surface area contributed by atoms with E-state index >= 15 is 0 Å². The van der Waals surface area contributed by atoms with Crippen LogP contribution in [0.5, 0.6) is 0 Å². The molecule has 126 valence electrons. The van der Waals surface area contributed by atoms with Gasteiger partial charge in [0.25, 0.3) is 5.91 Å². The minimum Gasteiger partial charge on any atom is -0.360 e. The van der Waals surface area contributed by atoms with Crippen molar-refractivity contribution in [3.05, 3.63) is 18.0 Å². The van der Waals surface area contributed by atoms with E-state index < -0.39 is 5.54 Å². The maximum atomic E-state index is 12.8. The van der Waals surface area contributed by atoms with Crippen molar-refractivity contribution in [1.29, 1.82) is 0 Å². The van der Waals surface area contributed by atoms with Crippen molar-refractivity contribution < 1.29 is 14.1 Å². The zero-order valence-electron chi connectivity index (χ0n) is 13.9. The Morgan fingerprint density at radius 1 is 1.48 bits per heavy atom. The van der Waals surface area contributed by atoms with Gasteiger partial charge in [0.2, 0.25) is 0 Å². The SMILES string of the molecule is CC(C)N1C(=O)N[C@](C)([C@H]2CCCN(Cc3ccno3)C2)C1=O. The van der Waals surface area contributed by atoms with Crippen LogP contribution in [0.4, 0.5) is 4.79 Å². The van der Waals surface area contributed by atoms with E-state index in [0.717, 1.165) is 31.7 Å². The summed E-state index contributed by atoms with van der Waals surface area (Å²) in [6, 6.07) is 1.45. The number of aromatic nitrogens is 1. The number of imide groups is 1. The standard InChI is InChI=1S/C16H24N4O3/c1-11(2)20-14(21)16(3,18-15(20)22)12-5-4-8-19(9-12)10-13-6-7-17-23-13/h6-7,11-12H,4-5,8-10H2,1-3H3,(H,18,22)/t12-,16+/m0/s1. The Bertz CT molecular complexity index is 586. The molecule has 2 aliphatic heterocycles. The summed E-state index contributed by atoms with van der Waals surface area (Å²) in [5.41, 5.74) is -0.818. The molecule has 2 fully saturated rings. The monoisotopic (exact) mass is 320 g/mol. The summed E-state index contributed by atoms with van der Waals surface area (Å²) >= 11 is 0. The summed E-state index contributed by atoms with van der Waals surface area (Å²) in [5, 5.41) is 6.67. The maximum Gasteiger partial charge on any atom is 0.325 e. The van der Waals surface area contributed by atoms with Gasteiger partial charge in [0.15, 0.2) is 5.76 Å². The number of urea groups is 1. The van der Waals surface area contributed by atoms with Crippen LogP contribution in [-0.2, 0) is 11.3 Å². The molecule has 23 heavy (non-hydrogen) atoms. The minimum atomic E-state index is -0.818. The Labute approximate surface area is 136 Å². The van der Waals surface area contributed by atoms with Gasteiger partial charge < -0.3 is 9.84 Å². The molecular weight excluding hydrogens is 296 g/mol. The maximum absolute atomic E-state index is 12.8. The molecule has 1 aromatic heterocycles. The summed E-state index contributed by atoms with van der Waals surface area (Å²) in [6.45, 7) is 7.99. The Balaban J connectivity index is 1.73. The minimum absolute atomic E-state index is 0.0966. The second-order valence-corrected chi connectivity index (χ2v) is 6.95. The lowest BCUT2D eigenvalue weighted by atomic mass is 9.80. The highest BCUT2D eigenvalue weighted by atomic mass is 16.5. The van der Waals surface area contributed by atoms with E-state index in [1.165, 1.54) is 4.90 Å². The van der Waals surface area contributed by atoms with Crippen molar-refractivity contribution in [1.82, 2.24) is 20.3 Å². The quantitative estimate of drug-likeness (QED) is 0.853. The van der Waals surface area contributed by atoms with Crippen LogP contribution >= 0.6 is 0 Å². The zero-order chi connectivity index (χ0) is 16.6. The summed E-state index contributed by atoms with van der Waals surface area (Å²) < 4.78 is 5.17. The number of likely N-dealkylation sites (tertiary alicyclic amines) is 1.